The van der Waals surface area contributed by atoms with Crippen molar-refractivity contribution in [3.05, 3.63) is 129 Å². The van der Waals surface area contributed by atoms with Crippen LogP contribution < -0.4 is 11.1 Å². The molecule has 0 amide bonds. The number of hydrogen-bond acceptors (Lipinski definition) is 6. The highest BCUT2D eigenvalue weighted by molar-refractivity contribution is 9.08. The lowest BCUT2D eigenvalue weighted by molar-refractivity contribution is 0.0592. The highest BCUT2D eigenvalue weighted by Gasteiger charge is 2.09. The smallest absolute Gasteiger partial charge is 0.337 e. The number of nitrogens with one attached hydrogen (secondary N) is 1. The second-order valence-electron chi connectivity index (χ2n) is 7.86. The number of halogens is 3. The van der Waals surface area contributed by atoms with Crippen LogP contribution in [0.15, 0.2) is 97.1 Å². The Bertz CT molecular complexity index is 1340. The molecule has 0 bridgehead atoms. The molecule has 4 aromatic rings. The minimum atomic E-state index is -0.385. The predicted molar refractivity (Wildman–Crippen MR) is 163 cm³/mol. The summed E-state index contributed by atoms with van der Waals surface area (Å²) in [5.74, 6) is -0.757. The summed E-state index contributed by atoms with van der Waals surface area (Å²) in [7, 11) is 2.69. The fourth-order valence-corrected chi connectivity index (χ4v) is 4.19. The molecule has 3 N–H and O–H groups in total. The zero-order valence-corrected chi connectivity index (χ0v) is 24.6. The summed E-state index contributed by atoms with van der Waals surface area (Å²) in [5.41, 5.74) is 10.0. The van der Waals surface area contributed by atoms with Gasteiger partial charge in [-0.3, -0.25) is 0 Å². The number of rotatable bonds is 6. The molecule has 4 rings (SSSR count). The number of alkyl halides is 1. The largest absolute Gasteiger partial charge is 0.465 e. The second kappa shape index (κ2) is 17.1. The van der Waals surface area contributed by atoms with Crippen molar-refractivity contribution in [1.82, 2.24) is 0 Å². The number of carbonyl (C=O) groups is 2. The molecule has 204 valence electrons. The van der Waals surface area contributed by atoms with E-state index >= 15 is 0 Å². The zero-order chi connectivity index (χ0) is 28.6. The van der Waals surface area contributed by atoms with Crippen LogP contribution in [0.1, 0.15) is 31.8 Å². The van der Waals surface area contributed by atoms with Crippen LogP contribution in [-0.4, -0.2) is 26.2 Å². The standard InChI is InChI=1S/C15H14ClNO2.C9H8BrClO2.C6H7N/c1-19-15(18)11-7-8-12(14(16)9-11)10-17-13-5-3-2-4-6-13;1-13-9(12)6-2-3-7(5-10)8(11)4-6;7-6-4-2-1-3-5-6/h2-9,17H,10H2,1H3;2-4H,5H2,1H3;1-5H,7H2. The number of ether oxygens (including phenoxy) is 2. The summed E-state index contributed by atoms with van der Waals surface area (Å²) in [6.45, 7) is 0.601. The topological polar surface area (TPSA) is 90.6 Å². The molecule has 0 fully saturated rings. The predicted octanol–water partition coefficient (Wildman–Crippen LogP) is 8.03. The van der Waals surface area contributed by atoms with Gasteiger partial charge in [-0.15, -0.1) is 0 Å². The molecule has 0 atom stereocenters. The van der Waals surface area contributed by atoms with Gasteiger partial charge in [-0.25, -0.2) is 9.59 Å². The van der Waals surface area contributed by atoms with Gasteiger partial charge in [0.25, 0.3) is 0 Å². The number of benzene rings is 4. The molecule has 0 aliphatic carbocycles. The quantitative estimate of drug-likeness (QED) is 0.127. The summed E-state index contributed by atoms with van der Waals surface area (Å²) in [4.78, 5) is 22.4. The van der Waals surface area contributed by atoms with E-state index in [4.69, 9.17) is 28.9 Å². The summed E-state index contributed by atoms with van der Waals surface area (Å²) < 4.78 is 9.20. The zero-order valence-electron chi connectivity index (χ0n) is 21.5. The van der Waals surface area contributed by atoms with Gasteiger partial charge in [-0.05, 0) is 59.7 Å². The van der Waals surface area contributed by atoms with Gasteiger partial charge in [0.1, 0.15) is 0 Å². The Morgan fingerprint density at radius 3 is 1.59 bits per heavy atom. The van der Waals surface area contributed by atoms with Gasteiger partial charge in [-0.1, -0.05) is 87.7 Å². The van der Waals surface area contributed by atoms with Gasteiger partial charge in [0.15, 0.2) is 0 Å². The summed E-state index contributed by atoms with van der Waals surface area (Å²) >= 11 is 15.3. The van der Waals surface area contributed by atoms with Crippen molar-refractivity contribution < 1.29 is 19.1 Å². The Kier molecular flexibility index (Phi) is 13.9. The Morgan fingerprint density at radius 1 is 0.744 bits per heavy atom. The van der Waals surface area contributed by atoms with Crippen molar-refractivity contribution >= 4 is 62.4 Å². The third-order valence-electron chi connectivity index (χ3n) is 5.15. The number of methoxy groups -OCH3 is 2. The van der Waals surface area contributed by atoms with E-state index in [1.807, 2.05) is 66.7 Å². The first kappa shape index (κ1) is 31.7. The van der Waals surface area contributed by atoms with Crippen LogP contribution in [0.3, 0.4) is 0 Å². The van der Waals surface area contributed by atoms with Crippen LogP contribution >= 0.6 is 39.1 Å². The van der Waals surface area contributed by atoms with Crippen molar-refractivity contribution in [3.63, 3.8) is 0 Å². The minimum Gasteiger partial charge on any atom is -0.465 e. The van der Waals surface area contributed by atoms with E-state index < -0.39 is 0 Å². The van der Waals surface area contributed by atoms with Crippen LogP contribution in [0.2, 0.25) is 10.0 Å². The molecule has 0 saturated heterocycles. The van der Waals surface area contributed by atoms with E-state index in [-0.39, 0.29) is 11.9 Å². The lowest BCUT2D eigenvalue weighted by Gasteiger charge is -2.09. The molecule has 0 unspecified atom stereocenters. The maximum Gasteiger partial charge on any atom is 0.337 e. The molecule has 6 nitrogen and oxygen atoms in total. The first-order chi connectivity index (χ1) is 18.8. The minimum absolute atomic E-state index is 0.372. The number of nitrogens with two attached hydrogens (primary N) is 1. The maximum atomic E-state index is 11.4. The lowest BCUT2D eigenvalue weighted by Crippen LogP contribution is -2.04. The molecule has 39 heavy (non-hydrogen) atoms. The van der Waals surface area contributed by atoms with Crippen LogP contribution in [0, 0.1) is 0 Å². The molecule has 0 radical (unpaired) electrons. The van der Waals surface area contributed by atoms with Crippen molar-refractivity contribution in [2.24, 2.45) is 0 Å². The number of carbonyl (C=O) groups excluding carboxylic acids is 2. The molecule has 0 aliphatic rings. The van der Waals surface area contributed by atoms with Gasteiger partial charge in [-0.2, -0.15) is 0 Å². The van der Waals surface area contributed by atoms with E-state index in [0.29, 0.717) is 33.0 Å². The van der Waals surface area contributed by atoms with E-state index in [2.05, 4.69) is 30.7 Å². The second-order valence-corrected chi connectivity index (χ2v) is 9.23. The number of hydrogen-bond donors (Lipinski definition) is 2. The van der Waals surface area contributed by atoms with Gasteiger partial charge in [0, 0.05) is 33.3 Å². The Hall–Kier alpha value is -3.52. The molecule has 0 heterocycles. The van der Waals surface area contributed by atoms with E-state index in [9.17, 15) is 9.59 Å². The van der Waals surface area contributed by atoms with Crippen LogP contribution in [0.5, 0.6) is 0 Å². The molecule has 0 saturated carbocycles. The van der Waals surface area contributed by atoms with Crippen molar-refractivity contribution in [1.29, 1.82) is 0 Å². The fraction of sp³-hybridized carbons (Fsp3) is 0.133. The average molecular weight is 632 g/mol. The van der Waals surface area contributed by atoms with E-state index in [0.717, 1.165) is 22.5 Å². The SMILES string of the molecule is COC(=O)c1ccc(CBr)c(Cl)c1.COC(=O)c1ccc(CNc2ccccc2)c(Cl)c1.Nc1ccccc1. The molecule has 9 heteroatoms. The Morgan fingerprint density at radius 2 is 1.21 bits per heavy atom. The highest BCUT2D eigenvalue weighted by Crippen LogP contribution is 2.21. The number of esters is 2. The number of anilines is 2. The number of nitrogen functional groups attached to an aromatic ring is 1. The van der Waals surface area contributed by atoms with Crippen molar-refractivity contribution in [3.8, 4) is 0 Å². The highest BCUT2D eigenvalue weighted by atomic mass is 79.9. The summed E-state index contributed by atoms with van der Waals surface area (Å²) in [6, 6.07) is 29.6. The molecule has 0 aliphatic heterocycles. The first-order valence-corrected chi connectivity index (χ1v) is 13.6. The average Bonchev–Trinajstić information content (AvgIpc) is 2.97. The van der Waals surface area contributed by atoms with Crippen molar-refractivity contribution in [2.75, 3.05) is 25.3 Å². The summed E-state index contributed by atoms with van der Waals surface area (Å²) in [6.07, 6.45) is 0. The molecule has 0 aromatic heterocycles. The van der Waals surface area contributed by atoms with E-state index in [1.165, 1.54) is 14.2 Å². The lowest BCUT2D eigenvalue weighted by atomic mass is 10.1. The van der Waals surface area contributed by atoms with Gasteiger partial charge >= 0.3 is 11.9 Å². The van der Waals surface area contributed by atoms with Crippen molar-refractivity contribution in [2.45, 2.75) is 11.9 Å². The van der Waals surface area contributed by atoms with Crippen LogP contribution in [0.25, 0.3) is 0 Å². The van der Waals surface area contributed by atoms with Gasteiger partial charge in [0.2, 0.25) is 0 Å². The molecular formula is C30H29BrCl2N2O4. The maximum absolute atomic E-state index is 11.4. The fourth-order valence-electron chi connectivity index (χ4n) is 3.04. The third kappa shape index (κ3) is 11.0. The van der Waals surface area contributed by atoms with Gasteiger partial charge < -0.3 is 20.5 Å². The van der Waals surface area contributed by atoms with E-state index in [1.54, 1.807) is 30.3 Å². The van der Waals surface area contributed by atoms with Crippen LogP contribution in [0.4, 0.5) is 11.4 Å². The molecule has 4 aromatic carbocycles. The molecular weight excluding hydrogens is 603 g/mol. The van der Waals surface area contributed by atoms with Gasteiger partial charge in [0.05, 0.1) is 25.3 Å². The first-order valence-electron chi connectivity index (χ1n) is 11.7. The number of para-hydroxylation sites is 2. The summed E-state index contributed by atoms with van der Waals surface area (Å²) in [5, 5.41) is 5.05. The normalized spacial score (nSPS) is 9.67. The Labute approximate surface area is 247 Å². The molecule has 0 spiro atoms. The van der Waals surface area contributed by atoms with Crippen LogP contribution in [-0.2, 0) is 21.3 Å². The Balaban J connectivity index is 0.000000229. The monoisotopic (exact) mass is 630 g/mol. The third-order valence-corrected chi connectivity index (χ3v) is 6.46.